The summed E-state index contributed by atoms with van der Waals surface area (Å²) in [5.74, 6) is -0.851. The first-order chi connectivity index (χ1) is 16.3. The highest BCUT2D eigenvalue weighted by molar-refractivity contribution is 5.94. The highest BCUT2D eigenvalue weighted by Gasteiger charge is 2.22. The fraction of sp³-hybridized carbons (Fsp3) is 0.0909. The first kappa shape index (κ1) is 23.8. The number of nitrogens with one attached hydrogen (secondary N) is 1. The zero-order valence-electron chi connectivity index (χ0n) is 17.6. The van der Waals surface area contributed by atoms with Gasteiger partial charge in [0.25, 0.3) is 11.6 Å². The Kier molecular flexibility index (Phi) is 7.44. The van der Waals surface area contributed by atoms with Crippen molar-refractivity contribution in [2.75, 3.05) is 6.61 Å². The van der Waals surface area contributed by atoms with Crippen LogP contribution in [0.15, 0.2) is 65.8 Å². The quantitative estimate of drug-likeness (QED) is 0.274. The van der Waals surface area contributed by atoms with Crippen LogP contribution in [0.25, 0.3) is 0 Å². The van der Waals surface area contributed by atoms with Crippen molar-refractivity contribution in [1.82, 2.24) is 5.43 Å². The summed E-state index contributed by atoms with van der Waals surface area (Å²) in [5, 5.41) is 26.1. The van der Waals surface area contributed by atoms with E-state index in [9.17, 15) is 29.4 Å². The van der Waals surface area contributed by atoms with E-state index in [0.717, 1.165) is 30.3 Å². The van der Waals surface area contributed by atoms with Crippen LogP contribution in [0.3, 0.4) is 0 Å². The number of rotatable bonds is 9. The molecule has 1 N–H and O–H groups in total. The molecule has 0 unspecified atom stereocenters. The number of ether oxygens (including phenoxy) is 2. The molecule has 0 saturated heterocycles. The Bertz CT molecular complexity index is 1260. The molecule has 0 radical (unpaired) electrons. The number of carbonyl (C=O) groups excluding carboxylic acids is 1. The van der Waals surface area contributed by atoms with E-state index in [-0.39, 0.29) is 29.4 Å². The van der Waals surface area contributed by atoms with Gasteiger partial charge < -0.3 is 9.47 Å². The van der Waals surface area contributed by atoms with Crippen molar-refractivity contribution in [3.05, 3.63) is 97.8 Å². The molecular weight excluding hydrogens is 451 g/mol. The lowest BCUT2D eigenvalue weighted by molar-refractivity contribution is -0.394. The fourth-order valence-corrected chi connectivity index (χ4v) is 2.76. The second kappa shape index (κ2) is 10.6. The van der Waals surface area contributed by atoms with Crippen molar-refractivity contribution < 1.29 is 28.5 Å². The van der Waals surface area contributed by atoms with Crippen LogP contribution < -0.4 is 14.9 Å². The average molecular weight is 468 g/mol. The van der Waals surface area contributed by atoms with Gasteiger partial charge in [0.1, 0.15) is 5.82 Å². The van der Waals surface area contributed by atoms with Crippen LogP contribution in [0.4, 0.5) is 15.8 Å². The molecule has 174 valence electrons. The molecule has 0 saturated carbocycles. The van der Waals surface area contributed by atoms with Crippen LogP contribution in [-0.2, 0) is 0 Å². The van der Waals surface area contributed by atoms with E-state index in [4.69, 9.17) is 9.47 Å². The topological polar surface area (TPSA) is 146 Å². The Morgan fingerprint density at radius 3 is 2.35 bits per heavy atom. The van der Waals surface area contributed by atoms with Crippen LogP contribution in [-0.4, -0.2) is 28.6 Å². The zero-order valence-corrected chi connectivity index (χ0v) is 17.6. The van der Waals surface area contributed by atoms with E-state index >= 15 is 0 Å². The number of nitrogens with zero attached hydrogens (tertiary/aromatic N) is 3. The lowest BCUT2D eigenvalue weighted by Crippen LogP contribution is -2.17. The summed E-state index contributed by atoms with van der Waals surface area (Å²) in [4.78, 5) is 32.8. The van der Waals surface area contributed by atoms with Gasteiger partial charge in [-0.3, -0.25) is 25.0 Å². The Hall–Kier alpha value is -4.87. The van der Waals surface area contributed by atoms with E-state index in [0.29, 0.717) is 5.56 Å². The lowest BCUT2D eigenvalue weighted by atomic mass is 10.2. The van der Waals surface area contributed by atoms with Crippen LogP contribution >= 0.6 is 0 Å². The summed E-state index contributed by atoms with van der Waals surface area (Å²) < 4.78 is 24.1. The summed E-state index contributed by atoms with van der Waals surface area (Å²) >= 11 is 0. The van der Waals surface area contributed by atoms with Crippen LogP contribution in [0.5, 0.6) is 17.2 Å². The van der Waals surface area contributed by atoms with Crippen LogP contribution in [0, 0.1) is 26.0 Å². The molecule has 0 fully saturated rings. The van der Waals surface area contributed by atoms with Gasteiger partial charge in [0.2, 0.25) is 5.75 Å². The second-order valence-corrected chi connectivity index (χ2v) is 6.61. The second-order valence-electron chi connectivity index (χ2n) is 6.61. The van der Waals surface area contributed by atoms with Crippen molar-refractivity contribution in [1.29, 1.82) is 0 Å². The molecule has 3 aromatic carbocycles. The molecule has 1 amide bonds. The van der Waals surface area contributed by atoms with E-state index in [1.807, 2.05) is 0 Å². The summed E-state index contributed by atoms with van der Waals surface area (Å²) in [5.41, 5.74) is 2.02. The van der Waals surface area contributed by atoms with Gasteiger partial charge in [0, 0.05) is 11.6 Å². The minimum Gasteiger partial charge on any atom is -0.490 e. The van der Waals surface area contributed by atoms with Gasteiger partial charge in [0.05, 0.1) is 28.7 Å². The van der Waals surface area contributed by atoms with E-state index in [2.05, 4.69) is 10.5 Å². The predicted molar refractivity (Wildman–Crippen MR) is 119 cm³/mol. The summed E-state index contributed by atoms with van der Waals surface area (Å²) in [7, 11) is 0. The largest absolute Gasteiger partial charge is 0.490 e. The predicted octanol–water partition coefficient (Wildman–Crippen LogP) is 4.60. The van der Waals surface area contributed by atoms with Gasteiger partial charge in [-0.1, -0.05) is 0 Å². The molecule has 0 aromatic heterocycles. The Morgan fingerprint density at radius 2 is 1.71 bits per heavy atom. The molecule has 0 aliphatic heterocycles. The number of halogens is 1. The van der Waals surface area contributed by atoms with Crippen molar-refractivity contribution in [3.8, 4) is 17.2 Å². The SMILES string of the molecule is CCOc1cc(/C=N/NC(=O)c2ccc(F)cc2)ccc1Oc1ccc([N+](=O)[O-])cc1[N+](=O)[O-]. The minimum absolute atomic E-state index is 0.131. The summed E-state index contributed by atoms with van der Waals surface area (Å²) in [6.07, 6.45) is 1.34. The molecule has 0 atom stereocenters. The van der Waals surface area contributed by atoms with Crippen molar-refractivity contribution in [2.24, 2.45) is 5.10 Å². The maximum Gasteiger partial charge on any atom is 0.318 e. The molecule has 0 bridgehead atoms. The molecule has 0 spiro atoms. The number of non-ortho nitro benzene ring substituents is 1. The number of carbonyl (C=O) groups is 1. The molecule has 0 heterocycles. The normalized spacial score (nSPS) is 10.6. The molecule has 34 heavy (non-hydrogen) atoms. The van der Waals surface area contributed by atoms with Gasteiger partial charge in [-0.05, 0) is 61.0 Å². The molecule has 3 rings (SSSR count). The highest BCUT2D eigenvalue weighted by atomic mass is 19.1. The molecule has 3 aromatic rings. The van der Waals surface area contributed by atoms with Gasteiger partial charge >= 0.3 is 5.69 Å². The number of hydrazone groups is 1. The number of nitro benzene ring substituents is 2. The van der Waals surface area contributed by atoms with E-state index in [1.54, 1.807) is 13.0 Å². The van der Waals surface area contributed by atoms with Crippen LogP contribution in [0.1, 0.15) is 22.8 Å². The molecule has 0 aliphatic carbocycles. The standard InChI is InChI=1S/C22H17FN4O7/c1-2-33-21-11-14(13-24-25-22(28)15-4-6-16(23)7-5-15)3-9-20(21)34-19-10-8-17(26(29)30)12-18(19)27(31)32/h3-13H,2H2,1H3,(H,25,28)/b24-13+. The van der Waals surface area contributed by atoms with Crippen molar-refractivity contribution in [3.63, 3.8) is 0 Å². The molecular formula is C22H17FN4O7. The monoisotopic (exact) mass is 468 g/mol. The smallest absolute Gasteiger partial charge is 0.318 e. The Labute approximate surface area is 191 Å². The maximum atomic E-state index is 13.0. The lowest BCUT2D eigenvalue weighted by Gasteiger charge is -2.12. The minimum atomic E-state index is -0.784. The molecule has 11 nitrogen and oxygen atoms in total. The molecule has 0 aliphatic rings. The summed E-state index contributed by atoms with van der Waals surface area (Å²) in [6, 6.07) is 12.5. The first-order valence-electron chi connectivity index (χ1n) is 9.75. The first-order valence-corrected chi connectivity index (χ1v) is 9.75. The van der Waals surface area contributed by atoms with Crippen molar-refractivity contribution in [2.45, 2.75) is 6.92 Å². The van der Waals surface area contributed by atoms with Gasteiger partial charge in [0.15, 0.2) is 11.5 Å². The van der Waals surface area contributed by atoms with Gasteiger partial charge in [-0.2, -0.15) is 5.10 Å². The third kappa shape index (κ3) is 5.88. The Morgan fingerprint density at radius 1 is 1.00 bits per heavy atom. The number of nitro groups is 2. The Balaban J connectivity index is 1.80. The number of benzene rings is 3. The van der Waals surface area contributed by atoms with E-state index in [1.165, 1.54) is 30.5 Å². The van der Waals surface area contributed by atoms with E-state index < -0.39 is 32.9 Å². The number of hydrogen-bond acceptors (Lipinski definition) is 8. The summed E-state index contributed by atoms with van der Waals surface area (Å²) in [6.45, 7) is 1.97. The van der Waals surface area contributed by atoms with Gasteiger partial charge in [-0.15, -0.1) is 0 Å². The number of amides is 1. The highest BCUT2D eigenvalue weighted by Crippen LogP contribution is 2.38. The average Bonchev–Trinajstić information content (AvgIpc) is 2.81. The fourth-order valence-electron chi connectivity index (χ4n) is 2.76. The molecule has 12 heteroatoms. The zero-order chi connectivity index (χ0) is 24.7. The van der Waals surface area contributed by atoms with Gasteiger partial charge in [-0.25, -0.2) is 9.82 Å². The number of hydrogen-bond donors (Lipinski definition) is 1. The third-order valence-electron chi connectivity index (χ3n) is 4.32. The van der Waals surface area contributed by atoms with Crippen molar-refractivity contribution >= 4 is 23.5 Å². The van der Waals surface area contributed by atoms with Crippen LogP contribution in [0.2, 0.25) is 0 Å². The maximum absolute atomic E-state index is 13.0. The third-order valence-corrected chi connectivity index (χ3v) is 4.32.